The van der Waals surface area contributed by atoms with Gasteiger partial charge >= 0.3 is 0 Å². The molecule has 1 saturated heterocycles. The molecule has 2 amide bonds. The molecule has 0 aliphatic carbocycles. The highest BCUT2D eigenvalue weighted by Crippen LogP contribution is 2.06. The Bertz CT molecular complexity index is 447. The first-order chi connectivity index (χ1) is 9.16. The Labute approximate surface area is 112 Å². The van der Waals surface area contributed by atoms with Crippen molar-refractivity contribution in [1.29, 1.82) is 0 Å². The second kappa shape index (κ2) is 6.33. The highest BCUT2D eigenvalue weighted by atomic mass is 16.5. The van der Waals surface area contributed by atoms with E-state index in [0.717, 1.165) is 5.56 Å². The molecule has 1 aromatic rings. The maximum atomic E-state index is 12.1. The monoisotopic (exact) mass is 262 g/mol. The molecule has 1 unspecified atom stereocenters. The van der Waals surface area contributed by atoms with Gasteiger partial charge in [0.2, 0.25) is 5.91 Å². The molecule has 1 heterocycles. The summed E-state index contributed by atoms with van der Waals surface area (Å²) in [6.07, 6.45) is -0.536. The van der Waals surface area contributed by atoms with E-state index >= 15 is 0 Å². The molecule has 5 nitrogen and oxygen atoms in total. The summed E-state index contributed by atoms with van der Waals surface area (Å²) < 4.78 is 5.56. The van der Waals surface area contributed by atoms with Crippen LogP contribution in [0.5, 0.6) is 0 Å². The summed E-state index contributed by atoms with van der Waals surface area (Å²) in [7, 11) is 0. The van der Waals surface area contributed by atoms with Gasteiger partial charge in [0.15, 0.2) is 0 Å². The van der Waals surface area contributed by atoms with Gasteiger partial charge in [-0.2, -0.15) is 0 Å². The summed E-state index contributed by atoms with van der Waals surface area (Å²) in [5, 5.41) is 2.69. The second-order valence-electron chi connectivity index (χ2n) is 4.55. The van der Waals surface area contributed by atoms with Crippen molar-refractivity contribution in [3.05, 3.63) is 35.9 Å². The van der Waals surface area contributed by atoms with Crippen molar-refractivity contribution < 1.29 is 14.3 Å². The Hall–Kier alpha value is -1.88. The zero-order chi connectivity index (χ0) is 13.7. The molecule has 102 valence electrons. The number of amides is 2. The molecule has 1 fully saturated rings. The predicted octanol–water partition coefficient (Wildman–Crippen LogP) is 0.550. The number of hydrogen-bond acceptors (Lipinski definition) is 3. The zero-order valence-corrected chi connectivity index (χ0v) is 11.0. The number of nitrogens with one attached hydrogen (secondary N) is 1. The molecule has 1 aliphatic heterocycles. The SMILES string of the molecule is CC(OCc1ccccc1)C(=O)N1CCNC(=O)C1. The molecule has 1 atom stereocenters. The molecular formula is C14H18N2O3. The van der Waals surface area contributed by atoms with E-state index in [-0.39, 0.29) is 18.4 Å². The van der Waals surface area contributed by atoms with Crippen molar-refractivity contribution in [1.82, 2.24) is 10.2 Å². The van der Waals surface area contributed by atoms with Gasteiger partial charge < -0.3 is 15.0 Å². The maximum absolute atomic E-state index is 12.1. The van der Waals surface area contributed by atoms with E-state index < -0.39 is 6.10 Å². The minimum absolute atomic E-state index is 0.116. The number of hydrogen-bond donors (Lipinski definition) is 1. The van der Waals surface area contributed by atoms with Crippen molar-refractivity contribution in [3.63, 3.8) is 0 Å². The lowest BCUT2D eigenvalue weighted by Crippen LogP contribution is -2.52. The Kier molecular flexibility index (Phi) is 4.52. The molecular weight excluding hydrogens is 244 g/mol. The number of rotatable bonds is 4. The minimum Gasteiger partial charge on any atom is -0.364 e. The largest absolute Gasteiger partial charge is 0.364 e. The summed E-state index contributed by atoms with van der Waals surface area (Å²) in [5.41, 5.74) is 1.03. The van der Waals surface area contributed by atoms with Crippen LogP contribution in [-0.4, -0.2) is 42.5 Å². The molecule has 5 heteroatoms. The number of carbonyl (C=O) groups is 2. The second-order valence-corrected chi connectivity index (χ2v) is 4.55. The van der Waals surface area contributed by atoms with Crippen molar-refractivity contribution in [2.45, 2.75) is 19.6 Å². The summed E-state index contributed by atoms with van der Waals surface area (Å²) in [5.74, 6) is -0.249. The van der Waals surface area contributed by atoms with Gasteiger partial charge in [0.1, 0.15) is 6.10 Å². The number of carbonyl (C=O) groups excluding carboxylic acids is 2. The third-order valence-corrected chi connectivity index (χ3v) is 3.04. The lowest BCUT2D eigenvalue weighted by molar-refractivity contribution is -0.147. The number of piperazine rings is 1. The van der Waals surface area contributed by atoms with Crippen LogP contribution in [0.1, 0.15) is 12.5 Å². The third-order valence-electron chi connectivity index (χ3n) is 3.04. The van der Waals surface area contributed by atoms with Crippen LogP contribution < -0.4 is 5.32 Å². The van der Waals surface area contributed by atoms with E-state index in [0.29, 0.717) is 19.7 Å². The fourth-order valence-corrected chi connectivity index (χ4v) is 1.95. The first-order valence-corrected chi connectivity index (χ1v) is 6.38. The molecule has 0 bridgehead atoms. The lowest BCUT2D eigenvalue weighted by Gasteiger charge is -2.28. The van der Waals surface area contributed by atoms with Crippen molar-refractivity contribution in [2.24, 2.45) is 0 Å². The van der Waals surface area contributed by atoms with Crippen LogP contribution in [0.3, 0.4) is 0 Å². The minimum atomic E-state index is -0.536. The number of nitrogens with zero attached hydrogens (tertiary/aromatic N) is 1. The highest BCUT2D eigenvalue weighted by molar-refractivity contribution is 5.87. The molecule has 1 aromatic carbocycles. The number of benzene rings is 1. The van der Waals surface area contributed by atoms with Gasteiger partial charge in [-0.05, 0) is 12.5 Å². The molecule has 0 aromatic heterocycles. The fourth-order valence-electron chi connectivity index (χ4n) is 1.95. The normalized spacial score (nSPS) is 16.9. The summed E-state index contributed by atoms with van der Waals surface area (Å²) >= 11 is 0. The third kappa shape index (κ3) is 3.79. The molecule has 19 heavy (non-hydrogen) atoms. The van der Waals surface area contributed by atoms with Crippen LogP contribution in [0, 0.1) is 0 Å². The average molecular weight is 262 g/mol. The van der Waals surface area contributed by atoms with E-state index in [9.17, 15) is 9.59 Å². The Balaban J connectivity index is 1.83. The molecule has 2 rings (SSSR count). The Morgan fingerprint density at radius 3 is 2.84 bits per heavy atom. The molecule has 1 aliphatic rings. The van der Waals surface area contributed by atoms with Gasteiger partial charge in [-0.25, -0.2) is 0 Å². The van der Waals surface area contributed by atoms with E-state index in [1.165, 1.54) is 4.90 Å². The van der Waals surface area contributed by atoms with Gasteiger partial charge in [-0.3, -0.25) is 9.59 Å². The lowest BCUT2D eigenvalue weighted by atomic mass is 10.2. The van der Waals surface area contributed by atoms with Gasteiger partial charge in [-0.1, -0.05) is 30.3 Å². The van der Waals surface area contributed by atoms with E-state index in [1.807, 2.05) is 30.3 Å². The van der Waals surface area contributed by atoms with Gasteiger partial charge in [-0.15, -0.1) is 0 Å². The van der Waals surface area contributed by atoms with Crippen molar-refractivity contribution in [3.8, 4) is 0 Å². The van der Waals surface area contributed by atoms with Crippen molar-refractivity contribution >= 4 is 11.8 Å². The summed E-state index contributed by atoms with van der Waals surface area (Å²) in [6, 6.07) is 9.70. The maximum Gasteiger partial charge on any atom is 0.251 e. The van der Waals surface area contributed by atoms with Gasteiger partial charge in [0.25, 0.3) is 5.91 Å². The van der Waals surface area contributed by atoms with Crippen molar-refractivity contribution in [2.75, 3.05) is 19.6 Å². The summed E-state index contributed by atoms with van der Waals surface area (Å²) in [4.78, 5) is 24.9. The van der Waals surface area contributed by atoms with Crippen LogP contribution in [0.4, 0.5) is 0 Å². The first-order valence-electron chi connectivity index (χ1n) is 6.38. The summed E-state index contributed by atoms with van der Waals surface area (Å²) in [6.45, 7) is 3.29. The van der Waals surface area contributed by atoms with E-state index in [1.54, 1.807) is 6.92 Å². The molecule has 1 N–H and O–H groups in total. The molecule has 0 spiro atoms. The number of ether oxygens (including phenoxy) is 1. The van der Waals surface area contributed by atoms with Crippen LogP contribution >= 0.6 is 0 Å². The standard InChI is InChI=1S/C14H18N2O3/c1-11(19-10-12-5-3-2-4-6-12)14(18)16-8-7-15-13(17)9-16/h2-6,11H,7-10H2,1H3,(H,15,17). The smallest absolute Gasteiger partial charge is 0.251 e. The Morgan fingerprint density at radius 1 is 1.42 bits per heavy atom. The van der Waals surface area contributed by atoms with Crippen LogP contribution in [0.15, 0.2) is 30.3 Å². The van der Waals surface area contributed by atoms with E-state index in [4.69, 9.17) is 4.74 Å². The first kappa shape index (κ1) is 13.5. The highest BCUT2D eigenvalue weighted by Gasteiger charge is 2.25. The van der Waals surface area contributed by atoms with Crippen LogP contribution in [0.2, 0.25) is 0 Å². The Morgan fingerprint density at radius 2 is 2.16 bits per heavy atom. The fraction of sp³-hybridized carbons (Fsp3) is 0.429. The van der Waals surface area contributed by atoms with Gasteiger partial charge in [0.05, 0.1) is 13.2 Å². The van der Waals surface area contributed by atoms with Crippen LogP contribution in [-0.2, 0) is 20.9 Å². The zero-order valence-electron chi connectivity index (χ0n) is 11.0. The topological polar surface area (TPSA) is 58.6 Å². The van der Waals surface area contributed by atoms with E-state index in [2.05, 4.69) is 5.32 Å². The van der Waals surface area contributed by atoms with Crippen LogP contribution in [0.25, 0.3) is 0 Å². The predicted molar refractivity (Wildman–Crippen MR) is 70.3 cm³/mol. The quantitative estimate of drug-likeness (QED) is 0.862. The molecule has 0 saturated carbocycles. The van der Waals surface area contributed by atoms with Gasteiger partial charge in [0, 0.05) is 13.1 Å². The average Bonchev–Trinajstić information content (AvgIpc) is 2.45. The molecule has 0 radical (unpaired) electrons.